The van der Waals surface area contributed by atoms with Gasteiger partial charge in [-0.25, -0.2) is 0 Å². The number of fused-ring (bicyclic) bond motifs is 7. The smallest absolute Gasteiger partial charge is 0.0138 e. The highest BCUT2D eigenvalue weighted by atomic mass is 15.0. The Balaban J connectivity index is 1.25. The van der Waals surface area contributed by atoms with Gasteiger partial charge in [-0.2, -0.15) is 0 Å². The first kappa shape index (κ1) is 10.5. The summed E-state index contributed by atoms with van der Waals surface area (Å²) in [6, 6.07) is 1.69. The summed E-state index contributed by atoms with van der Waals surface area (Å²) in [4.78, 5) is 0. The molecule has 0 aromatic rings. The normalized spacial score (nSPS) is 60.3. The van der Waals surface area contributed by atoms with E-state index in [2.05, 4.69) is 24.4 Å². The zero-order valence-electron chi connectivity index (χ0n) is 11.4. The number of rotatable bonds is 3. The molecule has 4 saturated carbocycles. The van der Waals surface area contributed by atoms with E-state index in [4.69, 9.17) is 0 Å². The van der Waals surface area contributed by atoms with E-state index in [0.717, 1.165) is 53.5 Å². The van der Waals surface area contributed by atoms with Gasteiger partial charge in [0.15, 0.2) is 0 Å². The molecule has 0 saturated heterocycles. The van der Waals surface area contributed by atoms with Crippen molar-refractivity contribution in [3.8, 4) is 0 Å². The summed E-state index contributed by atoms with van der Waals surface area (Å²) in [5.74, 6) is 7.21. The summed E-state index contributed by atoms with van der Waals surface area (Å²) in [5, 5.41) is 4.05. The van der Waals surface area contributed by atoms with Gasteiger partial charge in [0.25, 0.3) is 0 Å². The standard InChI is InChI=1S/C17H25N/c1-9(14-7-10-2-3-11(14)6-10)18-17-15-12-4-5-13(8-12)16(15)17/h2-3,9-18H,4-8H2,1H3. The van der Waals surface area contributed by atoms with Gasteiger partial charge < -0.3 is 5.32 Å². The number of allylic oxidation sites excluding steroid dienone is 2. The number of hydrogen-bond acceptors (Lipinski definition) is 1. The van der Waals surface area contributed by atoms with Crippen molar-refractivity contribution >= 4 is 0 Å². The van der Waals surface area contributed by atoms with E-state index in [9.17, 15) is 0 Å². The summed E-state index contributed by atoms with van der Waals surface area (Å²) in [6.45, 7) is 2.47. The maximum atomic E-state index is 4.05. The molecule has 0 spiro atoms. The van der Waals surface area contributed by atoms with E-state index >= 15 is 0 Å². The second-order valence-corrected chi connectivity index (χ2v) is 7.91. The van der Waals surface area contributed by atoms with Crippen LogP contribution in [0.3, 0.4) is 0 Å². The minimum atomic E-state index is 0.764. The molecule has 0 radical (unpaired) electrons. The van der Waals surface area contributed by atoms with Gasteiger partial charge in [-0.15, -0.1) is 0 Å². The molecule has 4 fully saturated rings. The van der Waals surface area contributed by atoms with E-state index in [1.807, 2.05) is 0 Å². The van der Waals surface area contributed by atoms with Gasteiger partial charge in [0.1, 0.15) is 0 Å². The second-order valence-electron chi connectivity index (χ2n) is 7.91. The van der Waals surface area contributed by atoms with Gasteiger partial charge in [0, 0.05) is 12.1 Å². The molecular formula is C17H25N. The van der Waals surface area contributed by atoms with Gasteiger partial charge in [-0.1, -0.05) is 12.2 Å². The molecule has 0 aromatic heterocycles. The predicted molar refractivity (Wildman–Crippen MR) is 73.0 cm³/mol. The zero-order valence-corrected chi connectivity index (χ0v) is 11.4. The van der Waals surface area contributed by atoms with E-state index in [1.165, 1.54) is 12.8 Å². The van der Waals surface area contributed by atoms with E-state index in [1.54, 1.807) is 19.3 Å². The Morgan fingerprint density at radius 2 is 1.78 bits per heavy atom. The Morgan fingerprint density at radius 3 is 2.39 bits per heavy atom. The summed E-state index contributed by atoms with van der Waals surface area (Å²) in [7, 11) is 0. The van der Waals surface area contributed by atoms with Crippen LogP contribution in [0.5, 0.6) is 0 Å². The van der Waals surface area contributed by atoms with Crippen LogP contribution in [0.1, 0.15) is 39.0 Å². The fraction of sp³-hybridized carbons (Fsp3) is 0.882. The molecular weight excluding hydrogens is 218 g/mol. The molecule has 8 unspecified atom stereocenters. The summed E-state index contributed by atoms with van der Waals surface area (Å²) < 4.78 is 0. The summed E-state index contributed by atoms with van der Waals surface area (Å²) in [5.41, 5.74) is 0. The Bertz CT molecular complexity index is 384. The Morgan fingerprint density at radius 1 is 1.00 bits per heavy atom. The highest BCUT2D eigenvalue weighted by Crippen LogP contribution is 2.65. The van der Waals surface area contributed by atoms with E-state index in [-0.39, 0.29) is 0 Å². The van der Waals surface area contributed by atoms with Crippen LogP contribution in [0.4, 0.5) is 0 Å². The lowest BCUT2D eigenvalue weighted by Gasteiger charge is -2.27. The maximum absolute atomic E-state index is 4.05. The van der Waals surface area contributed by atoms with Gasteiger partial charge in [-0.05, 0) is 80.5 Å². The highest BCUT2D eigenvalue weighted by Gasteiger charge is 2.65. The molecule has 18 heavy (non-hydrogen) atoms. The molecule has 0 amide bonds. The quantitative estimate of drug-likeness (QED) is 0.751. The van der Waals surface area contributed by atoms with Crippen LogP contribution in [0.25, 0.3) is 0 Å². The topological polar surface area (TPSA) is 12.0 Å². The van der Waals surface area contributed by atoms with Crippen LogP contribution >= 0.6 is 0 Å². The average molecular weight is 243 g/mol. The fourth-order valence-corrected chi connectivity index (χ4v) is 6.37. The van der Waals surface area contributed by atoms with Crippen molar-refractivity contribution in [2.24, 2.45) is 41.4 Å². The van der Waals surface area contributed by atoms with Crippen LogP contribution in [0.15, 0.2) is 12.2 Å². The average Bonchev–Trinajstić information content (AvgIpc) is 2.93. The first-order valence-corrected chi connectivity index (χ1v) is 8.25. The second kappa shape index (κ2) is 3.42. The minimum Gasteiger partial charge on any atom is -0.311 e. The van der Waals surface area contributed by atoms with Crippen molar-refractivity contribution in [2.75, 3.05) is 0 Å². The SMILES string of the molecule is CC(NC1C2C3CCC(C3)C12)C1CC2C=CC1C2. The largest absolute Gasteiger partial charge is 0.311 e. The monoisotopic (exact) mass is 243 g/mol. The predicted octanol–water partition coefficient (Wildman–Crippen LogP) is 3.22. The van der Waals surface area contributed by atoms with Crippen LogP contribution in [-0.2, 0) is 0 Å². The third-order valence-electron chi connectivity index (χ3n) is 7.16. The molecule has 8 atom stereocenters. The van der Waals surface area contributed by atoms with Crippen molar-refractivity contribution in [1.29, 1.82) is 0 Å². The van der Waals surface area contributed by atoms with Gasteiger partial charge >= 0.3 is 0 Å². The Hall–Kier alpha value is -0.300. The molecule has 1 N–H and O–H groups in total. The van der Waals surface area contributed by atoms with Gasteiger partial charge in [0.2, 0.25) is 0 Å². The highest BCUT2D eigenvalue weighted by molar-refractivity contribution is 5.18. The maximum Gasteiger partial charge on any atom is 0.0138 e. The van der Waals surface area contributed by atoms with Crippen molar-refractivity contribution < 1.29 is 0 Å². The van der Waals surface area contributed by atoms with E-state index < -0.39 is 0 Å². The molecule has 98 valence electrons. The first-order chi connectivity index (χ1) is 8.81. The lowest BCUT2D eigenvalue weighted by atomic mass is 9.87. The van der Waals surface area contributed by atoms with Gasteiger partial charge in [-0.3, -0.25) is 0 Å². The molecule has 5 aliphatic carbocycles. The van der Waals surface area contributed by atoms with Crippen molar-refractivity contribution in [3.05, 3.63) is 12.2 Å². The van der Waals surface area contributed by atoms with Crippen LogP contribution < -0.4 is 5.32 Å². The molecule has 1 heteroatoms. The fourth-order valence-electron chi connectivity index (χ4n) is 6.37. The third-order valence-corrected chi connectivity index (χ3v) is 7.16. The molecule has 4 bridgehead atoms. The lowest BCUT2D eigenvalue weighted by molar-refractivity contribution is 0.306. The van der Waals surface area contributed by atoms with Crippen molar-refractivity contribution in [2.45, 2.75) is 51.1 Å². The zero-order chi connectivity index (χ0) is 11.9. The third kappa shape index (κ3) is 1.27. The molecule has 0 aliphatic heterocycles. The van der Waals surface area contributed by atoms with Crippen LogP contribution in [0.2, 0.25) is 0 Å². The van der Waals surface area contributed by atoms with Crippen molar-refractivity contribution in [3.63, 3.8) is 0 Å². The van der Waals surface area contributed by atoms with Crippen LogP contribution in [0, 0.1) is 41.4 Å². The molecule has 1 nitrogen and oxygen atoms in total. The first-order valence-electron chi connectivity index (χ1n) is 8.25. The molecule has 5 rings (SSSR count). The summed E-state index contributed by atoms with van der Waals surface area (Å²) in [6.07, 6.45) is 12.6. The molecule has 0 aromatic carbocycles. The summed E-state index contributed by atoms with van der Waals surface area (Å²) >= 11 is 0. The van der Waals surface area contributed by atoms with E-state index in [0.29, 0.717) is 0 Å². The minimum absolute atomic E-state index is 0.764. The van der Waals surface area contributed by atoms with Crippen molar-refractivity contribution in [1.82, 2.24) is 5.32 Å². The Labute approximate surface area is 110 Å². The molecule has 0 heterocycles. The number of nitrogens with one attached hydrogen (secondary N) is 1. The van der Waals surface area contributed by atoms with Crippen LogP contribution in [-0.4, -0.2) is 12.1 Å². The van der Waals surface area contributed by atoms with Gasteiger partial charge in [0.05, 0.1) is 0 Å². The number of hydrogen-bond donors (Lipinski definition) is 1. The molecule has 5 aliphatic rings. The lowest BCUT2D eigenvalue weighted by Crippen LogP contribution is -2.39. The Kier molecular flexibility index (Phi) is 1.99.